The Balaban J connectivity index is 0.00000300. The highest BCUT2D eigenvalue weighted by atomic mass is 127. The highest BCUT2D eigenvalue weighted by Gasteiger charge is 2.33. The van der Waals surface area contributed by atoms with Crippen LogP contribution in [0.3, 0.4) is 0 Å². The van der Waals surface area contributed by atoms with Crippen LogP contribution in [0.5, 0.6) is 0 Å². The number of aliphatic imine (C=N–C) groups is 1. The minimum Gasteiger partial charge on any atom is -0.364 e. The van der Waals surface area contributed by atoms with Crippen LogP contribution in [-0.4, -0.2) is 84.2 Å². The molecule has 0 aliphatic carbocycles. The summed E-state index contributed by atoms with van der Waals surface area (Å²) in [5.41, 5.74) is 1.12. The van der Waals surface area contributed by atoms with Gasteiger partial charge < -0.3 is 14.7 Å². The molecule has 2 atom stereocenters. The quantitative estimate of drug-likeness (QED) is 0.368. The maximum Gasteiger partial charge on any atom is 0.193 e. The fourth-order valence-electron chi connectivity index (χ4n) is 4.56. The van der Waals surface area contributed by atoms with Crippen molar-refractivity contribution in [1.82, 2.24) is 25.2 Å². The Hall–Kier alpha value is -0.870. The van der Waals surface area contributed by atoms with E-state index in [1.165, 1.54) is 19.5 Å². The van der Waals surface area contributed by atoms with Gasteiger partial charge in [-0.05, 0) is 32.1 Å². The van der Waals surface area contributed by atoms with Gasteiger partial charge in [-0.15, -0.1) is 24.0 Å². The maximum absolute atomic E-state index is 4.94. The van der Waals surface area contributed by atoms with Gasteiger partial charge in [0, 0.05) is 71.0 Å². The topological polar surface area (TPSA) is 60.1 Å². The molecule has 3 heterocycles. The van der Waals surface area contributed by atoms with Crippen LogP contribution >= 0.6 is 24.0 Å². The number of nitrogens with one attached hydrogen (secondary N) is 1. The zero-order valence-corrected chi connectivity index (χ0v) is 21.1. The van der Waals surface area contributed by atoms with E-state index in [9.17, 15) is 0 Å². The number of hydrogen-bond acceptors (Lipinski definition) is 5. The first-order chi connectivity index (χ1) is 13.4. The van der Waals surface area contributed by atoms with Crippen LogP contribution in [0.4, 0.5) is 0 Å². The van der Waals surface area contributed by atoms with Gasteiger partial charge in [0.25, 0.3) is 0 Å². The second kappa shape index (κ2) is 10.9. The molecule has 29 heavy (non-hydrogen) atoms. The van der Waals surface area contributed by atoms with E-state index in [0.717, 1.165) is 62.8 Å². The van der Waals surface area contributed by atoms with Crippen LogP contribution in [0.1, 0.15) is 39.8 Å². The Morgan fingerprint density at radius 1 is 1.21 bits per heavy atom. The van der Waals surface area contributed by atoms with Crippen LogP contribution in [-0.2, 0) is 6.54 Å². The molecule has 0 bridgehead atoms. The Bertz CT molecular complexity index is 617. The van der Waals surface area contributed by atoms with Gasteiger partial charge in [0.05, 0.1) is 5.69 Å². The van der Waals surface area contributed by atoms with E-state index in [1.807, 2.05) is 13.1 Å². The molecule has 0 aromatic carbocycles. The molecule has 1 aromatic heterocycles. The summed E-state index contributed by atoms with van der Waals surface area (Å²) in [7, 11) is 1.89. The smallest absolute Gasteiger partial charge is 0.193 e. The number of aromatic nitrogens is 1. The van der Waals surface area contributed by atoms with Crippen molar-refractivity contribution in [2.24, 2.45) is 16.8 Å². The lowest BCUT2D eigenvalue weighted by molar-refractivity contribution is 0.0477. The Labute approximate surface area is 193 Å². The molecule has 0 spiro atoms. The largest absolute Gasteiger partial charge is 0.364 e. The predicted molar refractivity (Wildman–Crippen MR) is 129 cm³/mol. The lowest BCUT2D eigenvalue weighted by atomic mass is 9.88. The third kappa shape index (κ3) is 6.82. The summed E-state index contributed by atoms with van der Waals surface area (Å²) in [6.07, 6.45) is 2.99. The van der Waals surface area contributed by atoms with E-state index in [0.29, 0.717) is 0 Å². The number of nitrogens with zero attached hydrogens (tertiary/aromatic N) is 5. The van der Waals surface area contributed by atoms with Gasteiger partial charge in [0.1, 0.15) is 6.26 Å². The first-order valence-corrected chi connectivity index (χ1v) is 10.7. The number of halogens is 1. The molecule has 2 fully saturated rings. The number of piperidine rings is 1. The summed E-state index contributed by atoms with van der Waals surface area (Å²) in [6.45, 7) is 17.6. The molecular formula is C21H39IN6O. The fraction of sp³-hybridized carbons (Fsp3) is 0.810. The minimum absolute atomic E-state index is 0. The van der Waals surface area contributed by atoms with Gasteiger partial charge in [-0.1, -0.05) is 19.0 Å². The van der Waals surface area contributed by atoms with Gasteiger partial charge >= 0.3 is 0 Å². The molecule has 0 radical (unpaired) electrons. The molecule has 2 unspecified atom stereocenters. The molecule has 1 aromatic rings. The van der Waals surface area contributed by atoms with Crippen LogP contribution < -0.4 is 5.32 Å². The van der Waals surface area contributed by atoms with Crippen molar-refractivity contribution in [2.75, 3.05) is 52.9 Å². The SMILES string of the molecule is CN=C(NCC(C)(C)N1CC(C)CC(C)C1)N1CCN(Cc2ccon2)CC1.I. The Morgan fingerprint density at radius 2 is 1.86 bits per heavy atom. The number of guanidine groups is 1. The van der Waals surface area contributed by atoms with Crippen molar-refractivity contribution in [1.29, 1.82) is 0 Å². The molecule has 8 heteroatoms. The Kier molecular flexibility index (Phi) is 9.21. The van der Waals surface area contributed by atoms with E-state index >= 15 is 0 Å². The van der Waals surface area contributed by atoms with E-state index in [-0.39, 0.29) is 29.5 Å². The van der Waals surface area contributed by atoms with Crippen molar-refractivity contribution < 1.29 is 4.52 Å². The normalized spacial score (nSPS) is 25.0. The standard InChI is InChI=1S/C21H38N6O.HI/c1-17-12-18(2)14-27(13-17)21(3,4)16-23-20(22-5)26-9-7-25(8-10-26)15-19-6-11-28-24-19;/h6,11,17-18H,7-10,12-16H2,1-5H3,(H,22,23);1H. The first kappa shape index (κ1) is 24.4. The molecule has 2 aliphatic heterocycles. The average molecular weight is 518 g/mol. The second-order valence-corrected chi connectivity index (χ2v) is 9.32. The lowest BCUT2D eigenvalue weighted by Crippen LogP contribution is -2.59. The van der Waals surface area contributed by atoms with Gasteiger partial charge in [0.2, 0.25) is 0 Å². The van der Waals surface area contributed by atoms with Crippen molar-refractivity contribution in [2.45, 2.75) is 46.2 Å². The summed E-state index contributed by atoms with van der Waals surface area (Å²) in [5.74, 6) is 2.58. The monoisotopic (exact) mass is 518 g/mol. The van der Waals surface area contributed by atoms with Crippen LogP contribution in [0.25, 0.3) is 0 Å². The van der Waals surface area contributed by atoms with E-state index < -0.39 is 0 Å². The lowest BCUT2D eigenvalue weighted by Gasteiger charge is -2.46. The third-order valence-electron chi connectivity index (χ3n) is 6.16. The molecule has 166 valence electrons. The molecular weight excluding hydrogens is 479 g/mol. The van der Waals surface area contributed by atoms with Gasteiger partial charge in [-0.2, -0.15) is 0 Å². The van der Waals surface area contributed by atoms with E-state index in [4.69, 9.17) is 4.52 Å². The first-order valence-electron chi connectivity index (χ1n) is 10.7. The summed E-state index contributed by atoms with van der Waals surface area (Å²) >= 11 is 0. The fourth-order valence-corrected chi connectivity index (χ4v) is 4.56. The van der Waals surface area contributed by atoms with E-state index in [2.05, 4.69) is 57.9 Å². The van der Waals surface area contributed by atoms with Crippen molar-refractivity contribution in [3.8, 4) is 0 Å². The zero-order valence-electron chi connectivity index (χ0n) is 18.7. The van der Waals surface area contributed by atoms with Gasteiger partial charge in [-0.3, -0.25) is 14.8 Å². The van der Waals surface area contributed by atoms with Gasteiger partial charge in [0.15, 0.2) is 5.96 Å². The van der Waals surface area contributed by atoms with E-state index in [1.54, 1.807) is 6.26 Å². The molecule has 0 saturated carbocycles. The maximum atomic E-state index is 4.94. The molecule has 0 amide bonds. The van der Waals surface area contributed by atoms with Crippen LogP contribution in [0, 0.1) is 11.8 Å². The molecule has 2 aliphatic rings. The molecule has 3 rings (SSSR count). The summed E-state index contributed by atoms with van der Waals surface area (Å²) in [5, 5.41) is 7.68. The van der Waals surface area contributed by atoms with Crippen molar-refractivity contribution in [3.05, 3.63) is 18.0 Å². The van der Waals surface area contributed by atoms with Crippen molar-refractivity contribution >= 4 is 29.9 Å². The number of likely N-dealkylation sites (tertiary alicyclic amines) is 1. The average Bonchev–Trinajstić information content (AvgIpc) is 3.16. The summed E-state index contributed by atoms with van der Waals surface area (Å²) in [4.78, 5) is 12.0. The summed E-state index contributed by atoms with van der Waals surface area (Å²) in [6, 6.07) is 1.94. The highest BCUT2D eigenvalue weighted by molar-refractivity contribution is 14.0. The molecule has 1 N–H and O–H groups in total. The minimum atomic E-state index is 0. The second-order valence-electron chi connectivity index (χ2n) is 9.32. The highest BCUT2D eigenvalue weighted by Crippen LogP contribution is 2.26. The molecule has 2 saturated heterocycles. The number of hydrogen-bond donors (Lipinski definition) is 1. The predicted octanol–water partition coefficient (Wildman–Crippen LogP) is 2.74. The van der Waals surface area contributed by atoms with Crippen LogP contribution in [0.2, 0.25) is 0 Å². The van der Waals surface area contributed by atoms with Crippen molar-refractivity contribution in [3.63, 3.8) is 0 Å². The molecule has 7 nitrogen and oxygen atoms in total. The Morgan fingerprint density at radius 3 is 2.41 bits per heavy atom. The summed E-state index contributed by atoms with van der Waals surface area (Å²) < 4.78 is 4.94. The number of piperazine rings is 1. The number of rotatable bonds is 5. The van der Waals surface area contributed by atoms with Gasteiger partial charge in [-0.25, -0.2) is 0 Å². The third-order valence-corrected chi connectivity index (χ3v) is 6.16. The van der Waals surface area contributed by atoms with Crippen LogP contribution in [0.15, 0.2) is 21.8 Å². The zero-order chi connectivity index (χ0) is 20.1.